The van der Waals surface area contributed by atoms with Crippen molar-refractivity contribution in [3.63, 3.8) is 0 Å². The minimum absolute atomic E-state index is 0.155. The Hall–Kier alpha value is -1.43. The molecule has 1 fully saturated rings. The lowest BCUT2D eigenvalue weighted by atomic mass is 10.1. The van der Waals surface area contributed by atoms with E-state index in [1.165, 1.54) is 4.90 Å². The third-order valence-electron chi connectivity index (χ3n) is 3.19. The lowest BCUT2D eigenvalue weighted by Gasteiger charge is -2.20. The van der Waals surface area contributed by atoms with Crippen LogP contribution in [0.2, 0.25) is 0 Å². The van der Waals surface area contributed by atoms with Crippen molar-refractivity contribution >= 4 is 5.91 Å². The summed E-state index contributed by atoms with van der Waals surface area (Å²) in [5, 5.41) is 18.8. The van der Waals surface area contributed by atoms with E-state index in [4.69, 9.17) is 5.73 Å². The molecule has 1 aromatic rings. The highest BCUT2D eigenvalue weighted by atomic mass is 16.3. The van der Waals surface area contributed by atoms with Gasteiger partial charge in [0.1, 0.15) is 0 Å². The number of nitrogens with two attached hydrogens (primary N) is 1. The molecule has 98 valence electrons. The number of carbonyl (C=O) groups is 1. The summed E-state index contributed by atoms with van der Waals surface area (Å²) in [6.45, 7) is 0.310. The maximum absolute atomic E-state index is 12.0. The topological polar surface area (TPSA) is 86.8 Å². The van der Waals surface area contributed by atoms with Crippen molar-refractivity contribution in [3.8, 4) is 0 Å². The molecular weight excluding hydrogens is 232 g/mol. The van der Waals surface area contributed by atoms with E-state index in [1.54, 1.807) is 0 Å². The summed E-state index contributed by atoms with van der Waals surface area (Å²) < 4.78 is 0. The fourth-order valence-corrected chi connectivity index (χ4v) is 2.14. The molecule has 5 nitrogen and oxygen atoms in total. The van der Waals surface area contributed by atoms with E-state index in [0.29, 0.717) is 6.42 Å². The molecule has 1 aliphatic rings. The van der Waals surface area contributed by atoms with Crippen molar-refractivity contribution in [1.29, 1.82) is 0 Å². The number of aliphatic hydroxyl groups is 2. The van der Waals surface area contributed by atoms with Crippen LogP contribution in [0.4, 0.5) is 0 Å². The summed E-state index contributed by atoms with van der Waals surface area (Å²) in [6.07, 6.45) is -1.27. The first kappa shape index (κ1) is 13.0. The minimum Gasteiger partial charge on any atom is -0.388 e. The number of aliphatic hydroxyl groups excluding tert-OH is 2. The van der Waals surface area contributed by atoms with E-state index < -0.39 is 18.2 Å². The molecule has 0 saturated carbocycles. The molecule has 2 rings (SSSR count). The molecule has 1 amide bonds. The van der Waals surface area contributed by atoms with Gasteiger partial charge in [-0.05, 0) is 12.0 Å². The maximum Gasteiger partial charge on any atom is 0.240 e. The average Bonchev–Trinajstić information content (AvgIpc) is 2.70. The molecule has 0 bridgehead atoms. The Morgan fingerprint density at radius 2 is 1.83 bits per heavy atom. The number of hydrogen-bond donors (Lipinski definition) is 3. The lowest BCUT2D eigenvalue weighted by Crippen LogP contribution is -2.44. The van der Waals surface area contributed by atoms with Crippen molar-refractivity contribution in [2.45, 2.75) is 24.7 Å². The minimum atomic E-state index is -0.863. The van der Waals surface area contributed by atoms with Crippen LogP contribution in [0.1, 0.15) is 5.56 Å². The van der Waals surface area contributed by atoms with Crippen LogP contribution in [0, 0.1) is 0 Å². The van der Waals surface area contributed by atoms with Crippen LogP contribution in [-0.2, 0) is 11.2 Å². The van der Waals surface area contributed by atoms with Crippen molar-refractivity contribution in [1.82, 2.24) is 4.90 Å². The summed E-state index contributed by atoms with van der Waals surface area (Å²) >= 11 is 0. The predicted octanol–water partition coefficient (Wildman–Crippen LogP) is -0.880. The predicted molar refractivity (Wildman–Crippen MR) is 66.7 cm³/mol. The van der Waals surface area contributed by atoms with Crippen molar-refractivity contribution < 1.29 is 15.0 Å². The Balaban J connectivity index is 1.93. The zero-order valence-corrected chi connectivity index (χ0v) is 10.1. The second kappa shape index (κ2) is 5.48. The van der Waals surface area contributed by atoms with Crippen LogP contribution in [0.3, 0.4) is 0 Å². The standard InChI is InChI=1S/C13H18N2O3/c14-10(6-9-4-2-1-3-5-9)13(18)15-7-11(16)12(17)8-15/h1-5,10-12,16-17H,6-8,14H2/t10-,11-,12-/m0/s1. The Labute approximate surface area is 106 Å². The van der Waals surface area contributed by atoms with Gasteiger partial charge in [0.05, 0.1) is 18.2 Å². The van der Waals surface area contributed by atoms with E-state index in [-0.39, 0.29) is 19.0 Å². The lowest BCUT2D eigenvalue weighted by molar-refractivity contribution is -0.132. The average molecular weight is 250 g/mol. The Morgan fingerprint density at radius 1 is 1.28 bits per heavy atom. The van der Waals surface area contributed by atoms with Crippen LogP contribution in [-0.4, -0.2) is 52.4 Å². The smallest absolute Gasteiger partial charge is 0.240 e. The molecule has 1 saturated heterocycles. The van der Waals surface area contributed by atoms with Gasteiger partial charge in [-0.2, -0.15) is 0 Å². The second-order valence-corrected chi connectivity index (χ2v) is 4.67. The fraction of sp³-hybridized carbons (Fsp3) is 0.462. The first-order valence-corrected chi connectivity index (χ1v) is 6.02. The van der Waals surface area contributed by atoms with Crippen molar-refractivity contribution in [2.24, 2.45) is 5.73 Å². The summed E-state index contributed by atoms with van der Waals surface area (Å²) in [4.78, 5) is 13.4. The maximum atomic E-state index is 12.0. The Morgan fingerprint density at radius 3 is 2.39 bits per heavy atom. The molecule has 1 heterocycles. The van der Waals surface area contributed by atoms with Gasteiger partial charge in [0.25, 0.3) is 0 Å². The summed E-state index contributed by atoms with van der Waals surface area (Å²) in [7, 11) is 0. The number of hydrogen-bond acceptors (Lipinski definition) is 4. The van der Waals surface area contributed by atoms with Crippen LogP contribution in [0.5, 0.6) is 0 Å². The highest BCUT2D eigenvalue weighted by Gasteiger charge is 2.34. The molecule has 0 radical (unpaired) electrons. The van der Waals surface area contributed by atoms with Gasteiger partial charge in [-0.25, -0.2) is 0 Å². The molecule has 3 atom stereocenters. The third kappa shape index (κ3) is 2.87. The largest absolute Gasteiger partial charge is 0.388 e. The highest BCUT2D eigenvalue weighted by Crippen LogP contribution is 2.12. The normalized spacial score (nSPS) is 25.2. The summed E-state index contributed by atoms with van der Waals surface area (Å²) in [5.41, 5.74) is 6.86. The summed E-state index contributed by atoms with van der Waals surface area (Å²) in [5.74, 6) is -0.227. The molecule has 0 spiro atoms. The number of β-amino-alcohol motifs (C(OH)–C–C–N with tert-alkyl or cyclic N) is 2. The van der Waals surface area contributed by atoms with Gasteiger partial charge < -0.3 is 20.8 Å². The van der Waals surface area contributed by atoms with Crippen molar-refractivity contribution in [3.05, 3.63) is 35.9 Å². The van der Waals surface area contributed by atoms with Crippen LogP contribution in [0.15, 0.2) is 30.3 Å². The van der Waals surface area contributed by atoms with Gasteiger partial charge in [-0.15, -0.1) is 0 Å². The third-order valence-corrected chi connectivity index (χ3v) is 3.19. The van der Waals surface area contributed by atoms with Crippen LogP contribution >= 0.6 is 0 Å². The zero-order chi connectivity index (χ0) is 13.1. The number of likely N-dealkylation sites (tertiary alicyclic amines) is 1. The molecule has 0 aliphatic carbocycles. The number of nitrogens with zero attached hydrogens (tertiary/aromatic N) is 1. The van der Waals surface area contributed by atoms with Gasteiger partial charge in [-0.1, -0.05) is 30.3 Å². The van der Waals surface area contributed by atoms with E-state index in [1.807, 2.05) is 30.3 Å². The molecule has 1 aliphatic heterocycles. The van der Waals surface area contributed by atoms with Crippen LogP contribution in [0.25, 0.3) is 0 Å². The Bertz CT molecular complexity index is 400. The van der Waals surface area contributed by atoms with E-state index in [2.05, 4.69) is 0 Å². The van der Waals surface area contributed by atoms with E-state index in [0.717, 1.165) is 5.56 Å². The number of amides is 1. The monoisotopic (exact) mass is 250 g/mol. The number of rotatable bonds is 3. The Kier molecular flexibility index (Phi) is 3.96. The van der Waals surface area contributed by atoms with Gasteiger partial charge in [0.15, 0.2) is 0 Å². The molecular formula is C13H18N2O3. The molecule has 0 unspecified atom stereocenters. The quantitative estimate of drug-likeness (QED) is 0.650. The molecule has 4 N–H and O–H groups in total. The molecule has 0 aromatic heterocycles. The SMILES string of the molecule is N[C@@H](Cc1ccccc1)C(=O)N1C[C@H](O)[C@@H](O)C1. The number of benzene rings is 1. The van der Waals surface area contributed by atoms with Gasteiger partial charge in [0, 0.05) is 13.1 Å². The molecule has 5 heteroatoms. The van der Waals surface area contributed by atoms with Gasteiger partial charge in [-0.3, -0.25) is 4.79 Å². The highest BCUT2D eigenvalue weighted by molar-refractivity contribution is 5.82. The van der Waals surface area contributed by atoms with E-state index in [9.17, 15) is 15.0 Å². The second-order valence-electron chi connectivity index (χ2n) is 4.67. The van der Waals surface area contributed by atoms with Crippen molar-refractivity contribution in [2.75, 3.05) is 13.1 Å². The zero-order valence-electron chi connectivity index (χ0n) is 10.1. The molecule has 1 aromatic carbocycles. The van der Waals surface area contributed by atoms with Gasteiger partial charge >= 0.3 is 0 Å². The number of carbonyl (C=O) groups excluding carboxylic acids is 1. The van der Waals surface area contributed by atoms with Gasteiger partial charge in [0.2, 0.25) is 5.91 Å². The summed E-state index contributed by atoms with van der Waals surface area (Å²) in [6, 6.07) is 8.90. The van der Waals surface area contributed by atoms with Crippen LogP contribution < -0.4 is 5.73 Å². The fourth-order valence-electron chi connectivity index (χ4n) is 2.14. The first-order chi connectivity index (χ1) is 8.58. The first-order valence-electron chi connectivity index (χ1n) is 6.02. The van der Waals surface area contributed by atoms with E-state index >= 15 is 0 Å². The molecule has 18 heavy (non-hydrogen) atoms.